The molecule has 6 heteroatoms. The summed E-state index contributed by atoms with van der Waals surface area (Å²) in [5, 5.41) is 2.86. The van der Waals surface area contributed by atoms with Crippen LogP contribution >= 0.6 is 0 Å². The fourth-order valence-electron chi connectivity index (χ4n) is 2.61. The number of nitrogens with one attached hydrogen (secondary N) is 1. The van der Waals surface area contributed by atoms with Crippen molar-refractivity contribution in [1.82, 2.24) is 5.32 Å². The number of carbonyl (C=O) groups is 1. The Morgan fingerprint density at radius 3 is 2.22 bits per heavy atom. The summed E-state index contributed by atoms with van der Waals surface area (Å²) in [7, 11) is 6.30. The number of benzene rings is 2. The molecule has 0 unspecified atom stereocenters. The van der Waals surface area contributed by atoms with Gasteiger partial charge < -0.3 is 24.3 Å². The van der Waals surface area contributed by atoms with E-state index in [9.17, 15) is 4.79 Å². The summed E-state index contributed by atoms with van der Waals surface area (Å²) in [6.07, 6.45) is 3.17. The number of rotatable bonds is 9. The Hall–Kier alpha value is -2.99. The second-order valence-corrected chi connectivity index (χ2v) is 5.76. The first-order valence-corrected chi connectivity index (χ1v) is 8.44. The maximum atomic E-state index is 12.1. The Labute approximate surface area is 159 Å². The fraction of sp³-hybridized carbons (Fsp3) is 0.286. The fourth-order valence-corrected chi connectivity index (χ4v) is 2.61. The molecular weight excluding hydrogens is 346 g/mol. The van der Waals surface area contributed by atoms with E-state index in [0.29, 0.717) is 30.4 Å². The maximum Gasteiger partial charge on any atom is 0.244 e. The Bertz CT molecular complexity index is 776. The van der Waals surface area contributed by atoms with E-state index in [-0.39, 0.29) is 5.91 Å². The van der Waals surface area contributed by atoms with Crippen LogP contribution in [0.4, 0.5) is 0 Å². The molecule has 0 heterocycles. The van der Waals surface area contributed by atoms with Crippen LogP contribution in [0.2, 0.25) is 0 Å². The quantitative estimate of drug-likeness (QED) is 0.686. The minimum atomic E-state index is -0.194. The van der Waals surface area contributed by atoms with Gasteiger partial charge in [0.25, 0.3) is 0 Å². The van der Waals surface area contributed by atoms with Crippen molar-refractivity contribution in [1.29, 1.82) is 0 Å². The molecule has 0 atom stereocenters. The van der Waals surface area contributed by atoms with Crippen molar-refractivity contribution < 1.29 is 23.7 Å². The van der Waals surface area contributed by atoms with Crippen LogP contribution in [0.5, 0.6) is 17.2 Å². The van der Waals surface area contributed by atoms with Crippen molar-refractivity contribution in [3.05, 3.63) is 59.2 Å². The lowest BCUT2D eigenvalue weighted by Gasteiger charge is -2.12. The summed E-state index contributed by atoms with van der Waals surface area (Å²) in [6.45, 7) is 0.985. The predicted octanol–water partition coefficient (Wildman–Crippen LogP) is 3.19. The van der Waals surface area contributed by atoms with Crippen LogP contribution in [0, 0.1) is 0 Å². The molecule has 0 aliphatic carbocycles. The topological polar surface area (TPSA) is 66.0 Å². The van der Waals surface area contributed by atoms with Gasteiger partial charge in [-0.3, -0.25) is 4.79 Å². The molecule has 2 aromatic carbocycles. The van der Waals surface area contributed by atoms with Crippen molar-refractivity contribution in [3.63, 3.8) is 0 Å². The number of methoxy groups -OCH3 is 4. The van der Waals surface area contributed by atoms with Crippen molar-refractivity contribution in [3.8, 4) is 17.2 Å². The Morgan fingerprint density at radius 2 is 1.63 bits per heavy atom. The standard InChI is InChI=1S/C21H25NO5/c1-24-14-17-7-5-6-16(10-17)13-22-20(23)9-8-15-11-18(25-2)21(27-4)19(12-15)26-3/h5-12H,13-14H2,1-4H3,(H,22,23)/b9-8+. The number of amides is 1. The lowest BCUT2D eigenvalue weighted by molar-refractivity contribution is -0.116. The van der Waals surface area contributed by atoms with Crippen LogP contribution in [0.3, 0.4) is 0 Å². The normalized spacial score (nSPS) is 10.7. The van der Waals surface area contributed by atoms with Gasteiger partial charge in [-0.2, -0.15) is 0 Å². The second kappa shape index (κ2) is 10.2. The van der Waals surface area contributed by atoms with E-state index in [1.165, 1.54) is 6.08 Å². The van der Waals surface area contributed by atoms with Crippen LogP contribution in [-0.4, -0.2) is 34.3 Å². The summed E-state index contributed by atoms with van der Waals surface area (Å²) >= 11 is 0. The van der Waals surface area contributed by atoms with Crippen LogP contribution in [0.25, 0.3) is 6.08 Å². The van der Waals surface area contributed by atoms with Gasteiger partial charge in [-0.25, -0.2) is 0 Å². The van der Waals surface area contributed by atoms with Crippen LogP contribution in [0.1, 0.15) is 16.7 Å². The maximum absolute atomic E-state index is 12.1. The highest BCUT2D eigenvalue weighted by molar-refractivity contribution is 5.91. The highest BCUT2D eigenvalue weighted by Gasteiger charge is 2.12. The zero-order valence-electron chi connectivity index (χ0n) is 16.1. The van der Waals surface area contributed by atoms with Gasteiger partial charge in [-0.1, -0.05) is 24.3 Å². The van der Waals surface area contributed by atoms with Gasteiger partial charge in [0.1, 0.15) is 0 Å². The minimum absolute atomic E-state index is 0.194. The van der Waals surface area contributed by atoms with E-state index in [0.717, 1.165) is 16.7 Å². The third kappa shape index (κ3) is 5.76. The smallest absolute Gasteiger partial charge is 0.244 e. The Balaban J connectivity index is 2.03. The van der Waals surface area contributed by atoms with Crippen LogP contribution in [0.15, 0.2) is 42.5 Å². The van der Waals surface area contributed by atoms with Crippen molar-refractivity contribution >= 4 is 12.0 Å². The minimum Gasteiger partial charge on any atom is -0.493 e. The lowest BCUT2D eigenvalue weighted by Crippen LogP contribution is -2.20. The predicted molar refractivity (Wildman–Crippen MR) is 104 cm³/mol. The molecule has 0 aliphatic heterocycles. The highest BCUT2D eigenvalue weighted by atomic mass is 16.5. The van der Waals surface area contributed by atoms with Crippen molar-refractivity contribution in [2.24, 2.45) is 0 Å². The van der Waals surface area contributed by atoms with Crippen molar-refractivity contribution in [2.75, 3.05) is 28.4 Å². The van der Waals surface area contributed by atoms with E-state index in [4.69, 9.17) is 18.9 Å². The molecular formula is C21H25NO5. The van der Waals surface area contributed by atoms with Gasteiger partial charge in [0.2, 0.25) is 11.7 Å². The first-order chi connectivity index (χ1) is 13.1. The van der Waals surface area contributed by atoms with E-state index in [1.807, 2.05) is 24.3 Å². The Kier molecular flexibility index (Phi) is 7.70. The van der Waals surface area contributed by atoms with Gasteiger partial charge in [0.15, 0.2) is 11.5 Å². The monoisotopic (exact) mass is 371 g/mol. The van der Waals surface area contributed by atoms with E-state index in [2.05, 4.69) is 5.32 Å². The molecule has 144 valence electrons. The largest absolute Gasteiger partial charge is 0.493 e. The van der Waals surface area contributed by atoms with Crippen LogP contribution < -0.4 is 19.5 Å². The number of hydrogen-bond acceptors (Lipinski definition) is 5. The third-order valence-electron chi connectivity index (χ3n) is 3.88. The molecule has 6 nitrogen and oxygen atoms in total. The van der Waals surface area contributed by atoms with Crippen molar-refractivity contribution in [2.45, 2.75) is 13.2 Å². The molecule has 27 heavy (non-hydrogen) atoms. The Morgan fingerprint density at radius 1 is 0.963 bits per heavy atom. The summed E-state index contributed by atoms with van der Waals surface area (Å²) in [5.74, 6) is 1.39. The summed E-state index contributed by atoms with van der Waals surface area (Å²) in [6, 6.07) is 11.5. The molecule has 0 bridgehead atoms. The van der Waals surface area contributed by atoms with E-state index in [1.54, 1.807) is 46.6 Å². The summed E-state index contributed by atoms with van der Waals surface area (Å²) in [4.78, 5) is 12.1. The molecule has 0 aliphatic rings. The molecule has 0 radical (unpaired) electrons. The average Bonchev–Trinajstić information content (AvgIpc) is 2.70. The molecule has 1 amide bonds. The lowest BCUT2D eigenvalue weighted by atomic mass is 10.1. The van der Waals surface area contributed by atoms with Gasteiger partial charge >= 0.3 is 0 Å². The van der Waals surface area contributed by atoms with Gasteiger partial charge in [0, 0.05) is 19.7 Å². The molecule has 0 fully saturated rings. The van der Waals surface area contributed by atoms with Gasteiger partial charge in [0.05, 0.1) is 27.9 Å². The highest BCUT2D eigenvalue weighted by Crippen LogP contribution is 2.38. The first-order valence-electron chi connectivity index (χ1n) is 8.44. The number of carbonyl (C=O) groups excluding carboxylic acids is 1. The molecule has 0 saturated carbocycles. The SMILES string of the molecule is COCc1cccc(CNC(=O)/C=C/c2cc(OC)c(OC)c(OC)c2)c1. The average molecular weight is 371 g/mol. The zero-order valence-corrected chi connectivity index (χ0v) is 16.1. The van der Waals surface area contributed by atoms with E-state index >= 15 is 0 Å². The first kappa shape index (κ1) is 20.3. The molecule has 0 saturated heterocycles. The molecule has 2 aromatic rings. The van der Waals surface area contributed by atoms with E-state index < -0.39 is 0 Å². The summed E-state index contributed by atoms with van der Waals surface area (Å²) < 4.78 is 21.0. The van der Waals surface area contributed by atoms with Gasteiger partial charge in [-0.15, -0.1) is 0 Å². The number of ether oxygens (including phenoxy) is 4. The zero-order chi connectivity index (χ0) is 19.6. The number of hydrogen-bond donors (Lipinski definition) is 1. The molecule has 0 spiro atoms. The summed E-state index contributed by atoms with van der Waals surface area (Å²) in [5.41, 5.74) is 2.85. The molecule has 0 aromatic heterocycles. The van der Waals surface area contributed by atoms with Gasteiger partial charge in [-0.05, 0) is 34.9 Å². The van der Waals surface area contributed by atoms with Crippen LogP contribution in [-0.2, 0) is 22.7 Å². The third-order valence-corrected chi connectivity index (χ3v) is 3.88. The molecule has 2 rings (SSSR count). The molecule has 1 N–H and O–H groups in total. The second-order valence-electron chi connectivity index (χ2n) is 5.76.